The molecule has 1 nitrogen and oxygen atoms in total. The van der Waals surface area contributed by atoms with Crippen LogP contribution in [0.4, 0.5) is 13.2 Å². The highest BCUT2D eigenvalue weighted by Crippen LogP contribution is 2.28. The SMILES string of the molecule is CSC(=S)NCc1ccc(C(F)(F)F)cc1. The first kappa shape index (κ1) is 13.3. The van der Waals surface area contributed by atoms with Gasteiger partial charge in [0, 0.05) is 6.54 Å². The van der Waals surface area contributed by atoms with Gasteiger partial charge in [0.1, 0.15) is 4.32 Å². The lowest BCUT2D eigenvalue weighted by atomic mass is 10.1. The van der Waals surface area contributed by atoms with Gasteiger partial charge in [0.15, 0.2) is 0 Å². The van der Waals surface area contributed by atoms with Crippen LogP contribution in [0, 0.1) is 0 Å². The molecule has 0 atom stereocenters. The number of hydrogen-bond acceptors (Lipinski definition) is 2. The van der Waals surface area contributed by atoms with Crippen molar-refractivity contribution in [3.63, 3.8) is 0 Å². The summed E-state index contributed by atoms with van der Waals surface area (Å²) in [5.74, 6) is 0. The maximum Gasteiger partial charge on any atom is 0.416 e. The van der Waals surface area contributed by atoms with Gasteiger partial charge in [0.25, 0.3) is 0 Å². The molecule has 0 aliphatic carbocycles. The first-order valence-corrected chi connectivity index (χ1v) is 6.04. The molecular formula is C10H10F3NS2. The zero-order valence-electron chi connectivity index (χ0n) is 8.47. The lowest BCUT2D eigenvalue weighted by molar-refractivity contribution is -0.137. The van der Waals surface area contributed by atoms with Crippen molar-refractivity contribution in [2.24, 2.45) is 0 Å². The van der Waals surface area contributed by atoms with Gasteiger partial charge in [-0.1, -0.05) is 24.4 Å². The number of benzene rings is 1. The third-order valence-corrected chi connectivity index (χ3v) is 3.06. The van der Waals surface area contributed by atoms with E-state index in [0.717, 1.165) is 17.7 Å². The van der Waals surface area contributed by atoms with Crippen LogP contribution in [-0.2, 0) is 12.7 Å². The van der Waals surface area contributed by atoms with E-state index in [2.05, 4.69) is 5.32 Å². The first-order valence-electron chi connectivity index (χ1n) is 4.41. The smallest absolute Gasteiger partial charge is 0.367 e. The summed E-state index contributed by atoms with van der Waals surface area (Å²) in [5.41, 5.74) is 0.132. The van der Waals surface area contributed by atoms with Crippen molar-refractivity contribution in [3.8, 4) is 0 Å². The van der Waals surface area contributed by atoms with Crippen LogP contribution < -0.4 is 5.32 Å². The minimum atomic E-state index is -4.28. The van der Waals surface area contributed by atoms with Crippen LogP contribution in [-0.4, -0.2) is 10.6 Å². The number of thioether (sulfide) groups is 1. The van der Waals surface area contributed by atoms with E-state index in [0.29, 0.717) is 10.9 Å². The molecule has 1 aromatic rings. The van der Waals surface area contributed by atoms with Crippen LogP contribution >= 0.6 is 24.0 Å². The topological polar surface area (TPSA) is 12.0 Å². The quantitative estimate of drug-likeness (QED) is 0.823. The number of nitrogens with one attached hydrogen (secondary N) is 1. The summed E-state index contributed by atoms with van der Waals surface area (Å²) >= 11 is 6.30. The molecule has 0 radical (unpaired) electrons. The number of hydrogen-bond donors (Lipinski definition) is 1. The second-order valence-electron chi connectivity index (χ2n) is 3.04. The molecule has 0 amide bonds. The molecule has 1 rings (SSSR count). The van der Waals surface area contributed by atoms with Crippen molar-refractivity contribution < 1.29 is 13.2 Å². The van der Waals surface area contributed by atoms with Crippen molar-refractivity contribution in [3.05, 3.63) is 35.4 Å². The fraction of sp³-hybridized carbons (Fsp3) is 0.300. The van der Waals surface area contributed by atoms with E-state index in [1.165, 1.54) is 23.9 Å². The third kappa shape index (κ3) is 4.02. The first-order chi connectivity index (χ1) is 7.43. The molecule has 0 saturated heterocycles. The Morgan fingerprint density at radius 2 is 1.88 bits per heavy atom. The fourth-order valence-electron chi connectivity index (χ4n) is 1.06. The van der Waals surface area contributed by atoms with Gasteiger partial charge in [0.2, 0.25) is 0 Å². The maximum absolute atomic E-state index is 12.2. The maximum atomic E-state index is 12.2. The number of halogens is 3. The van der Waals surface area contributed by atoms with E-state index in [1.807, 2.05) is 6.26 Å². The molecule has 1 aromatic carbocycles. The second-order valence-corrected chi connectivity index (χ2v) is 4.52. The van der Waals surface area contributed by atoms with Gasteiger partial charge in [0.05, 0.1) is 5.56 Å². The summed E-state index contributed by atoms with van der Waals surface area (Å²) in [6.45, 7) is 0.442. The standard InChI is InChI=1S/C10H10F3NS2/c1-16-9(15)14-6-7-2-4-8(5-3-7)10(11,12)13/h2-5H,6H2,1H3,(H,14,15). The average molecular weight is 265 g/mol. The Morgan fingerprint density at radius 1 is 1.31 bits per heavy atom. The normalized spacial score (nSPS) is 11.2. The van der Waals surface area contributed by atoms with Crippen LogP contribution in [0.2, 0.25) is 0 Å². The van der Waals surface area contributed by atoms with E-state index >= 15 is 0 Å². The highest BCUT2D eigenvalue weighted by Gasteiger charge is 2.29. The number of alkyl halides is 3. The minimum Gasteiger partial charge on any atom is -0.367 e. The van der Waals surface area contributed by atoms with Crippen LogP contribution in [0.3, 0.4) is 0 Å². The Kier molecular flexibility index (Phi) is 4.61. The van der Waals surface area contributed by atoms with Gasteiger partial charge >= 0.3 is 6.18 Å². The molecule has 16 heavy (non-hydrogen) atoms. The molecule has 88 valence electrons. The van der Waals surface area contributed by atoms with Crippen LogP contribution in [0.1, 0.15) is 11.1 Å². The van der Waals surface area contributed by atoms with Gasteiger partial charge in [-0.15, -0.1) is 11.8 Å². The Balaban J connectivity index is 2.62. The summed E-state index contributed by atoms with van der Waals surface area (Å²) < 4.78 is 37.4. The summed E-state index contributed by atoms with van der Waals surface area (Å²) in [5, 5.41) is 2.92. The highest BCUT2D eigenvalue weighted by molar-refractivity contribution is 8.22. The molecule has 0 aromatic heterocycles. The minimum absolute atomic E-state index is 0.442. The monoisotopic (exact) mass is 265 g/mol. The molecule has 0 fully saturated rings. The summed E-state index contributed by atoms with van der Waals surface area (Å²) in [7, 11) is 0. The predicted octanol–water partition coefficient (Wildman–Crippen LogP) is 3.44. The summed E-state index contributed by atoms with van der Waals surface area (Å²) in [6, 6.07) is 5.02. The zero-order valence-corrected chi connectivity index (χ0v) is 10.1. The van der Waals surface area contributed by atoms with Crippen molar-refractivity contribution in [2.45, 2.75) is 12.7 Å². The highest BCUT2D eigenvalue weighted by atomic mass is 32.2. The molecular weight excluding hydrogens is 255 g/mol. The number of rotatable bonds is 2. The molecule has 0 bridgehead atoms. The number of thiocarbonyl (C=S) groups is 1. The molecule has 6 heteroatoms. The van der Waals surface area contributed by atoms with E-state index in [4.69, 9.17) is 12.2 Å². The molecule has 0 aliphatic heterocycles. The average Bonchev–Trinajstić information content (AvgIpc) is 2.25. The Hall–Kier alpha value is -0.750. The Labute approximate surface area is 101 Å². The molecule has 1 N–H and O–H groups in total. The van der Waals surface area contributed by atoms with Crippen LogP contribution in [0.25, 0.3) is 0 Å². The van der Waals surface area contributed by atoms with Crippen molar-refractivity contribution in [1.82, 2.24) is 5.32 Å². The van der Waals surface area contributed by atoms with Crippen molar-refractivity contribution in [1.29, 1.82) is 0 Å². The third-order valence-electron chi connectivity index (χ3n) is 1.90. The molecule has 0 aliphatic rings. The zero-order chi connectivity index (χ0) is 12.2. The van der Waals surface area contributed by atoms with Crippen LogP contribution in [0.15, 0.2) is 24.3 Å². The van der Waals surface area contributed by atoms with E-state index < -0.39 is 11.7 Å². The van der Waals surface area contributed by atoms with Gasteiger partial charge < -0.3 is 5.32 Å². The Morgan fingerprint density at radius 3 is 2.31 bits per heavy atom. The van der Waals surface area contributed by atoms with Crippen molar-refractivity contribution >= 4 is 28.3 Å². The Bertz CT molecular complexity index is 359. The van der Waals surface area contributed by atoms with Gasteiger partial charge in [-0.3, -0.25) is 0 Å². The fourth-order valence-corrected chi connectivity index (χ4v) is 1.35. The summed E-state index contributed by atoms with van der Waals surface area (Å²) in [6.07, 6.45) is -2.44. The van der Waals surface area contributed by atoms with Gasteiger partial charge in [-0.2, -0.15) is 13.2 Å². The van der Waals surface area contributed by atoms with Crippen LogP contribution in [0.5, 0.6) is 0 Å². The molecule has 0 unspecified atom stereocenters. The predicted molar refractivity (Wildman–Crippen MR) is 64.4 cm³/mol. The molecule has 0 heterocycles. The van der Waals surface area contributed by atoms with E-state index in [9.17, 15) is 13.2 Å². The van der Waals surface area contributed by atoms with E-state index in [1.54, 1.807) is 0 Å². The van der Waals surface area contributed by atoms with Crippen molar-refractivity contribution in [2.75, 3.05) is 6.26 Å². The molecule has 0 saturated carbocycles. The van der Waals surface area contributed by atoms with Gasteiger partial charge in [-0.25, -0.2) is 0 Å². The van der Waals surface area contributed by atoms with Gasteiger partial charge in [-0.05, 0) is 24.0 Å². The van der Waals surface area contributed by atoms with E-state index in [-0.39, 0.29) is 0 Å². The summed E-state index contributed by atoms with van der Waals surface area (Å²) in [4.78, 5) is 0. The lowest BCUT2D eigenvalue weighted by Gasteiger charge is -2.08. The second kappa shape index (κ2) is 5.54. The largest absolute Gasteiger partial charge is 0.416 e. The lowest BCUT2D eigenvalue weighted by Crippen LogP contribution is -2.17. The molecule has 0 spiro atoms.